The van der Waals surface area contributed by atoms with Crippen LogP contribution >= 0.6 is 0 Å². The lowest BCUT2D eigenvalue weighted by molar-refractivity contribution is 0.0922. The minimum Gasteiger partial charge on any atom is -0.349 e. The maximum atomic E-state index is 13.3. The molecule has 186 valence electrons. The maximum Gasteiger partial charge on any atom is 0.296 e. The zero-order valence-electron chi connectivity index (χ0n) is 20.5. The van der Waals surface area contributed by atoms with E-state index >= 15 is 0 Å². The summed E-state index contributed by atoms with van der Waals surface area (Å²) in [5.74, 6) is 0.388. The summed E-state index contributed by atoms with van der Waals surface area (Å²) >= 11 is 0. The molecule has 1 aromatic heterocycles. The van der Waals surface area contributed by atoms with E-state index in [1.165, 1.54) is 16.8 Å². The van der Waals surface area contributed by atoms with E-state index in [0.29, 0.717) is 28.4 Å². The minimum atomic E-state index is -4.11. The predicted octanol–water partition coefficient (Wildman–Crippen LogP) is 3.90. The summed E-state index contributed by atoms with van der Waals surface area (Å²) < 4.78 is 32.0. The number of carbonyl (C=O) groups is 1. The lowest BCUT2D eigenvalue weighted by atomic mass is 9.87. The Bertz CT molecular complexity index is 1400. The molecule has 1 amide bonds. The first-order valence-electron chi connectivity index (χ1n) is 11.9. The van der Waals surface area contributed by atoms with Gasteiger partial charge in [-0.3, -0.25) is 19.0 Å². The Kier molecular flexibility index (Phi) is 6.89. The van der Waals surface area contributed by atoms with Crippen LogP contribution in [0.25, 0.3) is 5.69 Å². The average Bonchev–Trinajstić information content (AvgIpc) is 3.04. The van der Waals surface area contributed by atoms with E-state index in [0.717, 1.165) is 25.7 Å². The summed E-state index contributed by atoms with van der Waals surface area (Å²) in [6, 6.07) is 13.5. The van der Waals surface area contributed by atoms with E-state index < -0.39 is 15.6 Å². The molecule has 8 nitrogen and oxygen atoms in total. The molecule has 1 fully saturated rings. The molecule has 4 rings (SSSR count). The second-order valence-corrected chi connectivity index (χ2v) is 11.1. The molecule has 2 N–H and O–H groups in total. The number of aryl methyl sites for hydroxylation is 1. The minimum absolute atomic E-state index is 0.0285. The quantitative estimate of drug-likeness (QED) is 0.540. The average molecular weight is 497 g/mol. The van der Waals surface area contributed by atoms with Crippen LogP contribution < -0.4 is 15.6 Å². The molecule has 0 atom stereocenters. The number of sulfonamides is 1. The van der Waals surface area contributed by atoms with Gasteiger partial charge in [-0.15, -0.1) is 0 Å². The van der Waals surface area contributed by atoms with Gasteiger partial charge < -0.3 is 5.32 Å². The van der Waals surface area contributed by atoms with Crippen LogP contribution in [0.5, 0.6) is 0 Å². The highest BCUT2D eigenvalue weighted by Crippen LogP contribution is 2.25. The van der Waals surface area contributed by atoms with E-state index in [-0.39, 0.29) is 22.5 Å². The zero-order valence-corrected chi connectivity index (χ0v) is 21.4. The van der Waals surface area contributed by atoms with E-state index in [9.17, 15) is 18.0 Å². The van der Waals surface area contributed by atoms with Gasteiger partial charge in [-0.2, -0.15) is 0 Å². The van der Waals surface area contributed by atoms with Crippen LogP contribution in [0.3, 0.4) is 0 Å². The molecule has 2 aromatic carbocycles. The number of hydrogen-bond donors (Lipinski definition) is 2. The number of para-hydroxylation sites is 1. The Morgan fingerprint density at radius 2 is 1.66 bits per heavy atom. The van der Waals surface area contributed by atoms with Crippen LogP contribution in [0.2, 0.25) is 0 Å². The lowest BCUT2D eigenvalue weighted by Crippen LogP contribution is -2.37. The molecule has 0 saturated heterocycles. The van der Waals surface area contributed by atoms with Crippen molar-refractivity contribution >= 4 is 21.6 Å². The number of nitrogens with zero attached hydrogens (tertiary/aromatic N) is 2. The van der Waals surface area contributed by atoms with Crippen LogP contribution in [0.15, 0.2) is 58.2 Å². The number of amides is 1. The van der Waals surface area contributed by atoms with Crippen molar-refractivity contribution in [3.63, 3.8) is 0 Å². The summed E-state index contributed by atoms with van der Waals surface area (Å²) in [5.41, 5.74) is 1.60. The molecular weight excluding hydrogens is 464 g/mol. The molecule has 1 saturated carbocycles. The monoisotopic (exact) mass is 496 g/mol. The Morgan fingerprint density at radius 3 is 2.31 bits per heavy atom. The van der Waals surface area contributed by atoms with Crippen LogP contribution in [0, 0.1) is 19.8 Å². The first-order valence-corrected chi connectivity index (χ1v) is 13.3. The fourth-order valence-electron chi connectivity index (χ4n) is 4.56. The van der Waals surface area contributed by atoms with E-state index in [4.69, 9.17) is 0 Å². The third-order valence-electron chi connectivity index (χ3n) is 6.91. The van der Waals surface area contributed by atoms with Crippen LogP contribution in [0.4, 0.5) is 5.69 Å². The third kappa shape index (κ3) is 5.05. The van der Waals surface area contributed by atoms with E-state index in [1.54, 1.807) is 55.9 Å². The molecule has 1 aliphatic rings. The number of rotatable bonds is 6. The predicted molar refractivity (Wildman–Crippen MR) is 137 cm³/mol. The Morgan fingerprint density at radius 1 is 1.00 bits per heavy atom. The van der Waals surface area contributed by atoms with Gasteiger partial charge in [0.25, 0.3) is 21.5 Å². The SMILES string of the molecule is Cc1ccc(S(=O)(=O)Nc2c(C)n(C)n(-c3ccccc3)c2=O)cc1C(=O)NC1CCC(C)CC1. The first-order chi connectivity index (χ1) is 16.6. The second kappa shape index (κ2) is 9.73. The van der Waals surface area contributed by atoms with Crippen LogP contribution in [-0.4, -0.2) is 29.7 Å². The maximum absolute atomic E-state index is 13.3. The van der Waals surface area contributed by atoms with E-state index in [2.05, 4.69) is 17.0 Å². The topological polar surface area (TPSA) is 102 Å². The molecule has 35 heavy (non-hydrogen) atoms. The molecular formula is C26H32N4O4S. The van der Waals surface area contributed by atoms with Gasteiger partial charge in [0.05, 0.1) is 16.3 Å². The molecule has 9 heteroatoms. The van der Waals surface area contributed by atoms with Crippen molar-refractivity contribution in [3.05, 3.63) is 75.7 Å². The molecule has 0 spiro atoms. The van der Waals surface area contributed by atoms with Gasteiger partial charge in [0.1, 0.15) is 5.69 Å². The number of aromatic nitrogens is 2. The third-order valence-corrected chi connectivity index (χ3v) is 8.25. The van der Waals surface area contributed by atoms with Crippen LogP contribution in [0.1, 0.15) is 54.2 Å². The fraction of sp³-hybridized carbons (Fsp3) is 0.385. The van der Waals surface area contributed by atoms with Gasteiger partial charge in [0.2, 0.25) is 0 Å². The van der Waals surface area contributed by atoms with Crippen molar-refractivity contribution in [2.24, 2.45) is 13.0 Å². The summed E-state index contributed by atoms with van der Waals surface area (Å²) in [5, 5.41) is 3.06. The molecule has 3 aromatic rings. The van der Waals surface area contributed by atoms with Crippen molar-refractivity contribution < 1.29 is 13.2 Å². The largest absolute Gasteiger partial charge is 0.349 e. The van der Waals surface area contributed by atoms with Gasteiger partial charge >= 0.3 is 0 Å². The van der Waals surface area contributed by atoms with E-state index in [1.807, 2.05) is 6.07 Å². The number of nitrogens with one attached hydrogen (secondary N) is 2. The summed E-state index contributed by atoms with van der Waals surface area (Å²) in [6.07, 6.45) is 3.98. The highest BCUT2D eigenvalue weighted by molar-refractivity contribution is 7.92. The second-order valence-electron chi connectivity index (χ2n) is 9.45. The highest BCUT2D eigenvalue weighted by atomic mass is 32.2. The molecule has 0 aliphatic heterocycles. The Hall–Kier alpha value is -3.33. The smallest absolute Gasteiger partial charge is 0.296 e. The molecule has 1 aliphatic carbocycles. The molecule has 1 heterocycles. The molecule has 0 radical (unpaired) electrons. The van der Waals surface area contributed by atoms with Crippen molar-refractivity contribution in [2.75, 3.05) is 4.72 Å². The van der Waals surface area contributed by atoms with Crippen molar-refractivity contribution in [3.8, 4) is 5.69 Å². The van der Waals surface area contributed by atoms with Crippen molar-refractivity contribution in [1.29, 1.82) is 0 Å². The van der Waals surface area contributed by atoms with Gasteiger partial charge in [0.15, 0.2) is 0 Å². The number of anilines is 1. The molecule has 0 bridgehead atoms. The van der Waals surface area contributed by atoms with Gasteiger partial charge in [-0.05, 0) is 75.3 Å². The molecule has 0 unspecified atom stereocenters. The highest BCUT2D eigenvalue weighted by Gasteiger charge is 2.25. The number of carbonyl (C=O) groups excluding carboxylic acids is 1. The summed E-state index contributed by atoms with van der Waals surface area (Å²) in [4.78, 5) is 26.1. The standard InChI is InChI=1S/C26H32N4O4S/c1-17-10-13-20(14-11-17)27-25(31)23-16-22(15-12-18(23)2)35(33,34)28-24-19(3)29(4)30(26(24)32)21-8-6-5-7-9-21/h5-9,12,15-17,20,28H,10-11,13-14H2,1-4H3,(H,27,31). The lowest BCUT2D eigenvalue weighted by Gasteiger charge is -2.27. The number of benzene rings is 2. The van der Waals surface area contributed by atoms with Crippen molar-refractivity contribution in [1.82, 2.24) is 14.7 Å². The van der Waals surface area contributed by atoms with Gasteiger partial charge in [-0.25, -0.2) is 13.1 Å². The fourth-order valence-corrected chi connectivity index (χ4v) is 5.70. The summed E-state index contributed by atoms with van der Waals surface area (Å²) in [6.45, 7) is 5.67. The van der Waals surface area contributed by atoms with Gasteiger partial charge in [0, 0.05) is 18.7 Å². The first kappa shape index (κ1) is 24.8. The normalized spacial score (nSPS) is 18.3. The Labute approximate surface area is 206 Å². The number of hydrogen-bond acceptors (Lipinski definition) is 4. The van der Waals surface area contributed by atoms with Crippen molar-refractivity contribution in [2.45, 2.75) is 57.4 Å². The van der Waals surface area contributed by atoms with Crippen LogP contribution in [-0.2, 0) is 17.1 Å². The zero-order chi connectivity index (χ0) is 25.3. The van der Waals surface area contributed by atoms with Gasteiger partial charge in [-0.1, -0.05) is 31.2 Å². The Balaban J connectivity index is 1.62. The summed E-state index contributed by atoms with van der Waals surface area (Å²) in [7, 11) is -2.42.